The molecule has 0 aliphatic carbocycles. The van der Waals surface area contributed by atoms with Gasteiger partial charge in [-0.3, -0.25) is 4.79 Å². The van der Waals surface area contributed by atoms with E-state index < -0.39 is 11.7 Å². The Morgan fingerprint density at radius 1 is 1.48 bits per heavy atom. The number of nitrogens with one attached hydrogen (secondary N) is 1. The van der Waals surface area contributed by atoms with Crippen LogP contribution in [0.1, 0.15) is 32.8 Å². The Morgan fingerprint density at radius 3 is 2.86 bits per heavy atom. The minimum Gasteiger partial charge on any atom is -0.444 e. The van der Waals surface area contributed by atoms with Gasteiger partial charge in [0.1, 0.15) is 5.60 Å². The first-order valence-corrected chi connectivity index (χ1v) is 8.06. The lowest BCUT2D eigenvalue weighted by molar-refractivity contribution is -0.129. The lowest BCUT2D eigenvalue weighted by Crippen LogP contribution is -2.41. The van der Waals surface area contributed by atoms with Gasteiger partial charge in [-0.25, -0.2) is 4.79 Å². The summed E-state index contributed by atoms with van der Waals surface area (Å²) < 4.78 is 5.23. The molecule has 0 spiro atoms. The van der Waals surface area contributed by atoms with Crippen molar-refractivity contribution in [1.29, 1.82) is 0 Å². The average Bonchev–Trinajstić information content (AvgIpc) is 2.97. The number of carbonyl (C=O) groups excluding carboxylic acids is 2. The number of likely N-dealkylation sites (tertiary alicyclic amines) is 1. The Kier molecular flexibility index (Phi) is 4.88. The molecular weight excluding hydrogens is 288 g/mol. The second kappa shape index (κ2) is 6.47. The van der Waals surface area contributed by atoms with E-state index in [4.69, 9.17) is 4.74 Å². The predicted octanol–water partition coefficient (Wildman–Crippen LogP) is 2.42. The van der Waals surface area contributed by atoms with Crippen LogP contribution in [-0.2, 0) is 16.0 Å². The number of alkyl carbamates (subject to hydrolysis) is 1. The number of hydrogen-bond donors (Lipinski definition) is 1. The van der Waals surface area contributed by atoms with Gasteiger partial charge in [0.15, 0.2) is 0 Å². The molecule has 1 aliphatic rings. The minimum atomic E-state index is -0.503. The fourth-order valence-electron chi connectivity index (χ4n) is 2.26. The molecule has 1 N–H and O–H groups in total. The van der Waals surface area contributed by atoms with Crippen molar-refractivity contribution >= 4 is 23.3 Å². The van der Waals surface area contributed by atoms with E-state index in [0.29, 0.717) is 19.5 Å². The monoisotopic (exact) mass is 310 g/mol. The summed E-state index contributed by atoms with van der Waals surface area (Å²) in [6, 6.07) is 1.95. The van der Waals surface area contributed by atoms with Crippen molar-refractivity contribution in [2.45, 2.75) is 45.3 Å². The third-order valence-electron chi connectivity index (χ3n) is 3.20. The van der Waals surface area contributed by atoms with Gasteiger partial charge in [-0.1, -0.05) is 0 Å². The molecule has 0 bridgehead atoms. The fraction of sp³-hybridized carbons (Fsp3) is 0.600. The molecule has 116 valence electrons. The van der Waals surface area contributed by atoms with Crippen molar-refractivity contribution in [2.24, 2.45) is 0 Å². The van der Waals surface area contributed by atoms with E-state index in [0.717, 1.165) is 12.0 Å². The van der Waals surface area contributed by atoms with Gasteiger partial charge < -0.3 is 15.0 Å². The maximum atomic E-state index is 12.2. The zero-order chi connectivity index (χ0) is 15.5. The number of ether oxygens (including phenoxy) is 1. The normalized spacial score (nSPS) is 18.6. The van der Waals surface area contributed by atoms with Gasteiger partial charge in [-0.15, -0.1) is 0 Å². The van der Waals surface area contributed by atoms with Crippen LogP contribution < -0.4 is 5.32 Å². The molecule has 0 aromatic carbocycles. The number of nitrogens with zero attached hydrogens (tertiary/aromatic N) is 1. The summed E-state index contributed by atoms with van der Waals surface area (Å²) in [5.74, 6) is 0.113. The first-order valence-electron chi connectivity index (χ1n) is 7.12. The third-order valence-corrected chi connectivity index (χ3v) is 3.93. The molecular formula is C15H22N2O3S. The molecule has 1 aromatic heterocycles. The molecule has 2 rings (SSSR count). The van der Waals surface area contributed by atoms with E-state index in [2.05, 4.69) is 5.32 Å². The predicted molar refractivity (Wildman–Crippen MR) is 82.4 cm³/mol. The highest BCUT2D eigenvalue weighted by Gasteiger charge is 2.28. The van der Waals surface area contributed by atoms with Gasteiger partial charge in [-0.05, 0) is 49.6 Å². The van der Waals surface area contributed by atoms with Crippen LogP contribution in [0.2, 0.25) is 0 Å². The van der Waals surface area contributed by atoms with E-state index in [1.54, 1.807) is 16.2 Å². The maximum Gasteiger partial charge on any atom is 0.407 e. The quantitative estimate of drug-likeness (QED) is 0.933. The van der Waals surface area contributed by atoms with Crippen LogP contribution >= 0.6 is 11.3 Å². The molecule has 1 atom stereocenters. The zero-order valence-electron chi connectivity index (χ0n) is 12.7. The van der Waals surface area contributed by atoms with Crippen LogP contribution in [0.15, 0.2) is 16.8 Å². The van der Waals surface area contributed by atoms with Crippen molar-refractivity contribution in [2.75, 3.05) is 13.1 Å². The van der Waals surface area contributed by atoms with Crippen molar-refractivity contribution in [3.63, 3.8) is 0 Å². The summed E-state index contributed by atoms with van der Waals surface area (Å²) in [5.41, 5.74) is 0.547. The van der Waals surface area contributed by atoms with Gasteiger partial charge in [0.05, 0.1) is 12.5 Å². The van der Waals surface area contributed by atoms with Crippen LogP contribution in [0.3, 0.4) is 0 Å². The van der Waals surface area contributed by atoms with Crippen molar-refractivity contribution in [1.82, 2.24) is 10.2 Å². The number of amides is 2. The molecule has 2 heterocycles. The lowest BCUT2D eigenvalue weighted by atomic mass is 10.2. The molecule has 1 aromatic rings. The Bertz CT molecular complexity index is 494. The Balaban J connectivity index is 1.78. The molecule has 1 unspecified atom stereocenters. The summed E-state index contributed by atoms with van der Waals surface area (Å²) in [5, 5.41) is 6.79. The van der Waals surface area contributed by atoms with Crippen LogP contribution in [0, 0.1) is 0 Å². The number of hydrogen-bond acceptors (Lipinski definition) is 4. The fourth-order valence-corrected chi connectivity index (χ4v) is 2.93. The van der Waals surface area contributed by atoms with E-state index >= 15 is 0 Å². The summed E-state index contributed by atoms with van der Waals surface area (Å²) in [6.45, 7) is 6.74. The Hall–Kier alpha value is -1.56. The maximum absolute atomic E-state index is 12.2. The molecule has 1 fully saturated rings. The van der Waals surface area contributed by atoms with E-state index in [9.17, 15) is 9.59 Å². The van der Waals surface area contributed by atoms with Crippen molar-refractivity contribution in [3.8, 4) is 0 Å². The van der Waals surface area contributed by atoms with Gasteiger partial charge >= 0.3 is 6.09 Å². The highest BCUT2D eigenvalue weighted by molar-refractivity contribution is 7.07. The Morgan fingerprint density at radius 2 is 2.24 bits per heavy atom. The Labute approximate surface area is 129 Å². The van der Waals surface area contributed by atoms with E-state index in [1.807, 2.05) is 37.6 Å². The van der Waals surface area contributed by atoms with Gasteiger partial charge in [-0.2, -0.15) is 11.3 Å². The molecule has 1 saturated heterocycles. The lowest BCUT2D eigenvalue weighted by Gasteiger charge is -2.22. The zero-order valence-corrected chi connectivity index (χ0v) is 13.5. The standard InChI is InChI=1S/C15H22N2O3S/c1-15(2,3)20-14(19)16-12-4-6-17(9-12)13(18)8-11-5-7-21-10-11/h5,7,10,12H,4,6,8-9H2,1-3H3,(H,16,19). The first kappa shape index (κ1) is 15.8. The molecule has 21 heavy (non-hydrogen) atoms. The summed E-state index contributed by atoms with van der Waals surface area (Å²) in [6.07, 6.45) is 0.789. The van der Waals surface area contributed by atoms with Crippen molar-refractivity contribution in [3.05, 3.63) is 22.4 Å². The van der Waals surface area contributed by atoms with E-state index in [-0.39, 0.29) is 11.9 Å². The highest BCUT2D eigenvalue weighted by Crippen LogP contribution is 2.14. The summed E-state index contributed by atoms with van der Waals surface area (Å²) >= 11 is 1.59. The van der Waals surface area contributed by atoms with Crippen LogP contribution in [0.25, 0.3) is 0 Å². The summed E-state index contributed by atoms with van der Waals surface area (Å²) in [4.78, 5) is 25.7. The molecule has 2 amide bonds. The minimum absolute atomic E-state index is 0.0220. The molecule has 0 saturated carbocycles. The van der Waals surface area contributed by atoms with Gasteiger partial charge in [0, 0.05) is 13.1 Å². The average molecular weight is 310 g/mol. The second-order valence-corrected chi connectivity index (χ2v) is 7.06. The smallest absolute Gasteiger partial charge is 0.407 e. The number of rotatable bonds is 3. The van der Waals surface area contributed by atoms with E-state index in [1.165, 1.54) is 0 Å². The first-order chi connectivity index (χ1) is 9.83. The number of thiophene rings is 1. The van der Waals surface area contributed by atoms with Crippen LogP contribution in [0.4, 0.5) is 4.79 Å². The molecule has 0 radical (unpaired) electrons. The van der Waals surface area contributed by atoms with Crippen LogP contribution in [-0.4, -0.2) is 41.6 Å². The van der Waals surface area contributed by atoms with Crippen LogP contribution in [0.5, 0.6) is 0 Å². The molecule has 6 heteroatoms. The third kappa shape index (κ3) is 5.04. The van der Waals surface area contributed by atoms with Gasteiger partial charge in [0.2, 0.25) is 5.91 Å². The summed E-state index contributed by atoms with van der Waals surface area (Å²) in [7, 11) is 0. The second-order valence-electron chi connectivity index (χ2n) is 6.28. The SMILES string of the molecule is CC(C)(C)OC(=O)NC1CCN(C(=O)Cc2ccsc2)C1. The largest absolute Gasteiger partial charge is 0.444 e. The molecule has 5 nitrogen and oxygen atoms in total. The number of carbonyl (C=O) groups is 2. The highest BCUT2D eigenvalue weighted by atomic mass is 32.1. The topological polar surface area (TPSA) is 58.6 Å². The van der Waals surface area contributed by atoms with Gasteiger partial charge in [0.25, 0.3) is 0 Å². The van der Waals surface area contributed by atoms with Crippen molar-refractivity contribution < 1.29 is 14.3 Å². The molecule has 1 aliphatic heterocycles.